The Morgan fingerprint density at radius 3 is 2.41 bits per heavy atom. The SMILES string of the molecule is CC(C)NC(=O)C(C)Oc1ccc(Cl)c(Cl)c1. The van der Waals surface area contributed by atoms with Gasteiger partial charge in [0.05, 0.1) is 10.0 Å². The molecule has 0 radical (unpaired) electrons. The minimum absolute atomic E-state index is 0.0855. The standard InChI is InChI=1S/C12H15Cl2NO2/c1-7(2)15-12(16)8(3)17-9-4-5-10(13)11(14)6-9/h4-8H,1-3H3,(H,15,16). The number of carbonyl (C=O) groups is 1. The first-order valence-corrected chi connectivity index (χ1v) is 6.08. The van der Waals surface area contributed by atoms with Crippen LogP contribution in [-0.2, 0) is 4.79 Å². The van der Waals surface area contributed by atoms with Gasteiger partial charge in [-0.05, 0) is 32.9 Å². The number of benzene rings is 1. The first kappa shape index (κ1) is 14.1. The van der Waals surface area contributed by atoms with E-state index >= 15 is 0 Å². The summed E-state index contributed by atoms with van der Waals surface area (Å²) in [5, 5.41) is 3.63. The van der Waals surface area contributed by atoms with Gasteiger partial charge in [-0.15, -0.1) is 0 Å². The van der Waals surface area contributed by atoms with Crippen LogP contribution in [0.3, 0.4) is 0 Å². The van der Waals surface area contributed by atoms with Crippen molar-refractivity contribution in [3.8, 4) is 5.75 Å². The molecule has 0 bridgehead atoms. The summed E-state index contributed by atoms with van der Waals surface area (Å²) in [5.74, 6) is 0.358. The summed E-state index contributed by atoms with van der Waals surface area (Å²) in [6.07, 6.45) is -0.574. The lowest BCUT2D eigenvalue weighted by atomic mass is 10.3. The molecule has 17 heavy (non-hydrogen) atoms. The van der Waals surface area contributed by atoms with E-state index in [0.717, 1.165) is 0 Å². The number of halogens is 2. The summed E-state index contributed by atoms with van der Waals surface area (Å²) >= 11 is 11.6. The fraction of sp³-hybridized carbons (Fsp3) is 0.417. The Balaban J connectivity index is 2.64. The highest BCUT2D eigenvalue weighted by atomic mass is 35.5. The quantitative estimate of drug-likeness (QED) is 0.916. The summed E-state index contributed by atoms with van der Waals surface area (Å²) in [6, 6.07) is 4.98. The number of carbonyl (C=O) groups excluding carboxylic acids is 1. The van der Waals surface area contributed by atoms with Gasteiger partial charge in [0.1, 0.15) is 5.75 Å². The van der Waals surface area contributed by atoms with E-state index in [4.69, 9.17) is 27.9 Å². The molecule has 0 spiro atoms. The van der Waals surface area contributed by atoms with Crippen molar-refractivity contribution in [3.05, 3.63) is 28.2 Å². The van der Waals surface area contributed by atoms with Gasteiger partial charge in [0.15, 0.2) is 6.10 Å². The maximum absolute atomic E-state index is 11.6. The van der Waals surface area contributed by atoms with Crippen molar-refractivity contribution >= 4 is 29.1 Å². The molecule has 0 fully saturated rings. The number of amides is 1. The number of ether oxygens (including phenoxy) is 1. The van der Waals surface area contributed by atoms with E-state index in [0.29, 0.717) is 15.8 Å². The number of rotatable bonds is 4. The fourth-order valence-corrected chi connectivity index (χ4v) is 1.50. The van der Waals surface area contributed by atoms with E-state index in [1.165, 1.54) is 0 Å². The van der Waals surface area contributed by atoms with Crippen molar-refractivity contribution in [2.45, 2.75) is 32.9 Å². The van der Waals surface area contributed by atoms with Crippen LogP contribution in [0.2, 0.25) is 10.0 Å². The van der Waals surface area contributed by atoms with Crippen LogP contribution in [0.1, 0.15) is 20.8 Å². The molecule has 0 saturated heterocycles. The van der Waals surface area contributed by atoms with Crippen LogP contribution >= 0.6 is 23.2 Å². The zero-order chi connectivity index (χ0) is 13.0. The lowest BCUT2D eigenvalue weighted by Crippen LogP contribution is -2.40. The van der Waals surface area contributed by atoms with E-state index in [9.17, 15) is 4.79 Å². The molecule has 1 aromatic rings. The second kappa shape index (κ2) is 6.12. The Morgan fingerprint density at radius 2 is 1.88 bits per heavy atom. The molecule has 1 aromatic carbocycles. The number of hydrogen-bond acceptors (Lipinski definition) is 2. The van der Waals surface area contributed by atoms with E-state index in [1.807, 2.05) is 13.8 Å². The monoisotopic (exact) mass is 275 g/mol. The summed E-state index contributed by atoms with van der Waals surface area (Å²) in [5.41, 5.74) is 0. The van der Waals surface area contributed by atoms with Crippen molar-refractivity contribution in [1.29, 1.82) is 0 Å². The highest BCUT2D eigenvalue weighted by Crippen LogP contribution is 2.26. The predicted octanol–water partition coefficient (Wildman–Crippen LogP) is 3.29. The van der Waals surface area contributed by atoms with Crippen LogP contribution < -0.4 is 10.1 Å². The molecule has 0 aliphatic heterocycles. The van der Waals surface area contributed by atoms with Crippen LogP contribution in [0, 0.1) is 0 Å². The van der Waals surface area contributed by atoms with Gasteiger partial charge < -0.3 is 10.1 Å². The molecular weight excluding hydrogens is 261 g/mol. The van der Waals surface area contributed by atoms with E-state index in [1.54, 1.807) is 25.1 Å². The highest BCUT2D eigenvalue weighted by molar-refractivity contribution is 6.42. The Bertz CT molecular complexity index is 407. The van der Waals surface area contributed by atoms with Crippen LogP contribution in [0.15, 0.2) is 18.2 Å². The van der Waals surface area contributed by atoms with Gasteiger partial charge in [-0.1, -0.05) is 23.2 Å². The van der Waals surface area contributed by atoms with Crippen LogP contribution in [-0.4, -0.2) is 18.1 Å². The third-order valence-electron chi connectivity index (χ3n) is 2.00. The Morgan fingerprint density at radius 1 is 1.24 bits per heavy atom. The van der Waals surface area contributed by atoms with Crippen LogP contribution in [0.25, 0.3) is 0 Å². The second-order valence-corrected chi connectivity index (χ2v) is 4.81. The number of nitrogens with one attached hydrogen (secondary N) is 1. The smallest absolute Gasteiger partial charge is 0.260 e. The summed E-state index contributed by atoms with van der Waals surface area (Å²) in [7, 11) is 0. The molecule has 0 saturated carbocycles. The molecule has 1 N–H and O–H groups in total. The van der Waals surface area contributed by atoms with Crippen molar-refractivity contribution in [2.24, 2.45) is 0 Å². The van der Waals surface area contributed by atoms with E-state index in [-0.39, 0.29) is 11.9 Å². The Kier molecular flexibility index (Phi) is 5.09. The first-order chi connectivity index (χ1) is 7.90. The largest absolute Gasteiger partial charge is 0.481 e. The fourth-order valence-electron chi connectivity index (χ4n) is 1.21. The lowest BCUT2D eigenvalue weighted by Gasteiger charge is -2.16. The van der Waals surface area contributed by atoms with Gasteiger partial charge in [-0.25, -0.2) is 0 Å². The van der Waals surface area contributed by atoms with Gasteiger partial charge in [-0.2, -0.15) is 0 Å². The van der Waals surface area contributed by atoms with Gasteiger partial charge in [0.2, 0.25) is 0 Å². The first-order valence-electron chi connectivity index (χ1n) is 5.32. The summed E-state index contributed by atoms with van der Waals surface area (Å²) in [6.45, 7) is 5.47. The van der Waals surface area contributed by atoms with Gasteiger partial charge in [0.25, 0.3) is 5.91 Å². The molecule has 0 aliphatic rings. The van der Waals surface area contributed by atoms with Crippen LogP contribution in [0.4, 0.5) is 0 Å². The van der Waals surface area contributed by atoms with Crippen molar-refractivity contribution in [1.82, 2.24) is 5.32 Å². The summed E-state index contributed by atoms with van der Waals surface area (Å²) < 4.78 is 5.46. The third kappa shape index (κ3) is 4.44. The topological polar surface area (TPSA) is 38.3 Å². The average Bonchev–Trinajstić information content (AvgIpc) is 2.22. The lowest BCUT2D eigenvalue weighted by molar-refractivity contribution is -0.127. The average molecular weight is 276 g/mol. The summed E-state index contributed by atoms with van der Waals surface area (Å²) in [4.78, 5) is 11.6. The zero-order valence-corrected chi connectivity index (χ0v) is 11.5. The van der Waals surface area contributed by atoms with Gasteiger partial charge in [0, 0.05) is 12.1 Å². The molecule has 0 aromatic heterocycles. The molecule has 3 nitrogen and oxygen atoms in total. The molecule has 1 atom stereocenters. The molecule has 0 heterocycles. The normalized spacial score (nSPS) is 12.4. The van der Waals surface area contributed by atoms with Crippen molar-refractivity contribution in [2.75, 3.05) is 0 Å². The Labute approximate surface area is 111 Å². The molecule has 5 heteroatoms. The minimum atomic E-state index is -0.574. The van der Waals surface area contributed by atoms with E-state index in [2.05, 4.69) is 5.32 Å². The van der Waals surface area contributed by atoms with Crippen molar-refractivity contribution < 1.29 is 9.53 Å². The maximum atomic E-state index is 11.6. The predicted molar refractivity (Wildman–Crippen MR) is 69.8 cm³/mol. The third-order valence-corrected chi connectivity index (χ3v) is 2.74. The molecule has 0 aliphatic carbocycles. The van der Waals surface area contributed by atoms with Crippen molar-refractivity contribution in [3.63, 3.8) is 0 Å². The van der Waals surface area contributed by atoms with Crippen LogP contribution in [0.5, 0.6) is 5.75 Å². The highest BCUT2D eigenvalue weighted by Gasteiger charge is 2.15. The maximum Gasteiger partial charge on any atom is 0.260 e. The Hall–Kier alpha value is -0.930. The molecular formula is C12H15Cl2NO2. The van der Waals surface area contributed by atoms with E-state index < -0.39 is 6.10 Å². The zero-order valence-electron chi connectivity index (χ0n) is 9.96. The van der Waals surface area contributed by atoms with Gasteiger partial charge >= 0.3 is 0 Å². The molecule has 1 unspecified atom stereocenters. The molecule has 1 amide bonds. The molecule has 1 rings (SSSR count). The molecule has 94 valence electrons. The van der Waals surface area contributed by atoms with Gasteiger partial charge in [-0.3, -0.25) is 4.79 Å². The second-order valence-electron chi connectivity index (χ2n) is 4.00. The minimum Gasteiger partial charge on any atom is -0.481 e. The number of hydrogen-bond donors (Lipinski definition) is 1.